The number of carbonyl (C=O) groups excluding carboxylic acids is 2. The van der Waals surface area contributed by atoms with Gasteiger partial charge in [-0.2, -0.15) is 0 Å². The molecule has 0 radical (unpaired) electrons. The van der Waals surface area contributed by atoms with Gasteiger partial charge in [-0.05, 0) is 49.4 Å². The molecule has 1 aromatic carbocycles. The topological polar surface area (TPSA) is 53.9 Å². The van der Waals surface area contributed by atoms with Gasteiger partial charge in [0.15, 0.2) is 6.54 Å². The lowest BCUT2D eigenvalue weighted by atomic mass is 9.99. The first kappa shape index (κ1) is 18.9. The standard InChI is InChI=1S/C18H26BrN3O2/c1-13-6-8-22(9-7-13)12-18(24)21(3)11-17(23)20-16-5-4-15(19)10-14(16)2/h4-5,10,13H,6-9,11-12H2,1-3H3,(H,20,23)/p+1. The highest BCUT2D eigenvalue weighted by atomic mass is 79.9. The van der Waals surface area contributed by atoms with Crippen LogP contribution in [0.15, 0.2) is 22.7 Å². The van der Waals surface area contributed by atoms with Gasteiger partial charge >= 0.3 is 0 Å². The lowest BCUT2D eigenvalue weighted by Gasteiger charge is -2.28. The van der Waals surface area contributed by atoms with Crippen molar-refractivity contribution in [2.75, 3.05) is 38.5 Å². The molecule has 0 saturated carbocycles. The van der Waals surface area contributed by atoms with Crippen molar-refractivity contribution < 1.29 is 14.5 Å². The average molecular weight is 397 g/mol. The minimum absolute atomic E-state index is 0.0298. The van der Waals surface area contributed by atoms with Crippen molar-refractivity contribution in [1.82, 2.24) is 4.90 Å². The van der Waals surface area contributed by atoms with Gasteiger partial charge in [-0.15, -0.1) is 0 Å². The number of carbonyl (C=O) groups is 2. The fraction of sp³-hybridized carbons (Fsp3) is 0.556. The van der Waals surface area contributed by atoms with Crippen molar-refractivity contribution >= 4 is 33.4 Å². The largest absolute Gasteiger partial charge is 0.332 e. The number of halogens is 1. The van der Waals surface area contributed by atoms with E-state index in [2.05, 4.69) is 28.2 Å². The average Bonchev–Trinajstić information content (AvgIpc) is 2.52. The van der Waals surface area contributed by atoms with E-state index in [9.17, 15) is 9.59 Å². The first-order chi connectivity index (χ1) is 11.3. The molecule has 6 heteroatoms. The van der Waals surface area contributed by atoms with Gasteiger partial charge in [0.1, 0.15) is 0 Å². The number of rotatable bonds is 5. The van der Waals surface area contributed by atoms with Crippen LogP contribution in [0, 0.1) is 12.8 Å². The van der Waals surface area contributed by atoms with Crippen molar-refractivity contribution in [3.05, 3.63) is 28.2 Å². The maximum atomic E-state index is 12.3. The molecular weight excluding hydrogens is 370 g/mol. The Morgan fingerprint density at radius 2 is 2.00 bits per heavy atom. The molecule has 24 heavy (non-hydrogen) atoms. The molecule has 2 amide bonds. The van der Waals surface area contributed by atoms with Gasteiger partial charge in [-0.3, -0.25) is 9.59 Å². The minimum atomic E-state index is -0.168. The highest BCUT2D eigenvalue weighted by molar-refractivity contribution is 9.10. The first-order valence-corrected chi connectivity index (χ1v) is 9.28. The van der Waals surface area contributed by atoms with Crippen LogP contribution >= 0.6 is 15.9 Å². The summed E-state index contributed by atoms with van der Waals surface area (Å²) in [6.07, 6.45) is 2.35. The molecule has 0 atom stereocenters. The lowest BCUT2D eigenvalue weighted by molar-refractivity contribution is -0.898. The number of hydrogen-bond donors (Lipinski definition) is 2. The molecule has 5 nitrogen and oxygen atoms in total. The van der Waals surface area contributed by atoms with Gasteiger partial charge in [0.25, 0.3) is 5.91 Å². The van der Waals surface area contributed by atoms with Crippen LogP contribution in [-0.2, 0) is 9.59 Å². The second-order valence-electron chi connectivity index (χ2n) is 6.87. The fourth-order valence-corrected chi connectivity index (χ4v) is 3.43. The van der Waals surface area contributed by atoms with Gasteiger partial charge < -0.3 is 15.1 Å². The third kappa shape index (κ3) is 5.60. The number of anilines is 1. The van der Waals surface area contributed by atoms with Gasteiger partial charge in [0, 0.05) is 17.2 Å². The Labute approximate surface area is 152 Å². The highest BCUT2D eigenvalue weighted by Crippen LogP contribution is 2.19. The van der Waals surface area contributed by atoms with Crippen LogP contribution in [0.1, 0.15) is 25.3 Å². The second kappa shape index (κ2) is 8.62. The molecule has 1 aromatic rings. The number of nitrogens with one attached hydrogen (secondary N) is 2. The molecule has 0 aliphatic carbocycles. The van der Waals surface area contributed by atoms with E-state index < -0.39 is 0 Å². The number of aryl methyl sites for hydroxylation is 1. The Morgan fingerprint density at radius 3 is 2.62 bits per heavy atom. The Balaban J connectivity index is 1.81. The number of hydrogen-bond acceptors (Lipinski definition) is 2. The molecule has 1 saturated heterocycles. The quantitative estimate of drug-likeness (QED) is 0.791. The molecule has 1 heterocycles. The number of likely N-dealkylation sites (tertiary alicyclic amines) is 1. The normalized spacial score (nSPS) is 20.5. The molecule has 0 unspecified atom stereocenters. The molecule has 0 bridgehead atoms. The zero-order valence-electron chi connectivity index (χ0n) is 14.7. The van der Waals surface area contributed by atoms with Crippen molar-refractivity contribution in [3.63, 3.8) is 0 Å². The number of benzene rings is 1. The Kier molecular flexibility index (Phi) is 6.80. The third-order valence-electron chi connectivity index (χ3n) is 4.65. The van der Waals surface area contributed by atoms with E-state index in [-0.39, 0.29) is 18.4 Å². The zero-order chi connectivity index (χ0) is 17.7. The van der Waals surface area contributed by atoms with Crippen LogP contribution in [0.2, 0.25) is 0 Å². The SMILES string of the molecule is Cc1cc(Br)ccc1NC(=O)CN(C)C(=O)C[NH+]1CCC(C)CC1. The number of quaternary nitrogens is 1. The molecule has 0 spiro atoms. The Hall–Kier alpha value is -1.40. The Bertz CT molecular complexity index is 598. The van der Waals surface area contributed by atoms with E-state index in [1.165, 1.54) is 22.6 Å². The number of piperidine rings is 1. The first-order valence-electron chi connectivity index (χ1n) is 8.48. The number of nitrogens with zero attached hydrogens (tertiary/aromatic N) is 1. The molecule has 0 aromatic heterocycles. The van der Waals surface area contributed by atoms with E-state index in [4.69, 9.17) is 0 Å². The van der Waals surface area contributed by atoms with Crippen molar-refractivity contribution in [1.29, 1.82) is 0 Å². The summed E-state index contributed by atoms with van der Waals surface area (Å²) in [6, 6.07) is 5.70. The van der Waals surface area contributed by atoms with Crippen LogP contribution in [0.5, 0.6) is 0 Å². The summed E-state index contributed by atoms with van der Waals surface area (Å²) in [6.45, 7) is 6.86. The highest BCUT2D eigenvalue weighted by Gasteiger charge is 2.23. The van der Waals surface area contributed by atoms with E-state index in [0.717, 1.165) is 34.7 Å². The van der Waals surface area contributed by atoms with Crippen LogP contribution in [0.3, 0.4) is 0 Å². The molecule has 2 N–H and O–H groups in total. The van der Waals surface area contributed by atoms with Crippen molar-refractivity contribution in [3.8, 4) is 0 Å². The Morgan fingerprint density at radius 1 is 1.33 bits per heavy atom. The smallest absolute Gasteiger partial charge is 0.277 e. The van der Waals surface area contributed by atoms with Crippen LogP contribution in [-0.4, -0.2) is 49.9 Å². The van der Waals surface area contributed by atoms with E-state index >= 15 is 0 Å². The summed E-state index contributed by atoms with van der Waals surface area (Å²) in [5.74, 6) is 0.627. The van der Waals surface area contributed by atoms with E-state index in [1.807, 2.05) is 25.1 Å². The summed E-state index contributed by atoms with van der Waals surface area (Å²) in [5, 5.41) is 2.87. The minimum Gasteiger partial charge on any atom is -0.332 e. The van der Waals surface area contributed by atoms with Gasteiger partial charge in [-0.1, -0.05) is 22.9 Å². The van der Waals surface area contributed by atoms with Gasteiger partial charge in [-0.25, -0.2) is 0 Å². The predicted octanol–water partition coefficient (Wildman–Crippen LogP) is 1.47. The van der Waals surface area contributed by atoms with E-state index in [0.29, 0.717) is 6.54 Å². The summed E-state index contributed by atoms with van der Waals surface area (Å²) >= 11 is 3.40. The lowest BCUT2D eigenvalue weighted by Crippen LogP contribution is -3.14. The molecule has 132 valence electrons. The van der Waals surface area contributed by atoms with Crippen molar-refractivity contribution in [2.24, 2.45) is 5.92 Å². The summed E-state index contributed by atoms with van der Waals surface area (Å²) < 4.78 is 0.976. The number of likely N-dealkylation sites (N-methyl/N-ethyl adjacent to an activating group) is 1. The summed E-state index contributed by atoms with van der Waals surface area (Å²) in [4.78, 5) is 27.3. The molecule has 1 aliphatic rings. The number of amides is 2. The third-order valence-corrected chi connectivity index (χ3v) is 5.14. The monoisotopic (exact) mass is 396 g/mol. The molecule has 1 aliphatic heterocycles. The van der Waals surface area contributed by atoms with Gasteiger partial charge in [0.2, 0.25) is 5.91 Å². The molecular formula is C18H27BrN3O2+. The summed E-state index contributed by atoms with van der Waals surface area (Å²) in [7, 11) is 1.70. The maximum absolute atomic E-state index is 12.3. The zero-order valence-corrected chi connectivity index (χ0v) is 16.3. The van der Waals surface area contributed by atoms with Gasteiger partial charge in [0.05, 0.1) is 19.6 Å². The van der Waals surface area contributed by atoms with Crippen LogP contribution in [0.4, 0.5) is 5.69 Å². The molecule has 2 rings (SSSR count). The van der Waals surface area contributed by atoms with Crippen LogP contribution in [0.25, 0.3) is 0 Å². The second-order valence-corrected chi connectivity index (χ2v) is 7.78. The summed E-state index contributed by atoms with van der Waals surface area (Å²) in [5.41, 5.74) is 1.76. The molecule has 1 fully saturated rings. The fourth-order valence-electron chi connectivity index (χ4n) is 2.96. The van der Waals surface area contributed by atoms with Crippen molar-refractivity contribution in [2.45, 2.75) is 26.7 Å². The van der Waals surface area contributed by atoms with Crippen LogP contribution < -0.4 is 10.2 Å². The van der Waals surface area contributed by atoms with E-state index in [1.54, 1.807) is 7.05 Å². The predicted molar refractivity (Wildman–Crippen MR) is 99.1 cm³/mol. The maximum Gasteiger partial charge on any atom is 0.277 e.